The van der Waals surface area contributed by atoms with Crippen LogP contribution in [0.25, 0.3) is 0 Å². The lowest BCUT2D eigenvalue weighted by atomic mass is 10.0. The maximum absolute atomic E-state index is 12.9. The van der Waals surface area contributed by atoms with Crippen molar-refractivity contribution < 1.29 is 18.7 Å². The minimum absolute atomic E-state index is 0.0550. The molecule has 1 atom stereocenters. The highest BCUT2D eigenvalue weighted by Crippen LogP contribution is 2.21. The van der Waals surface area contributed by atoms with E-state index in [0.717, 1.165) is 16.9 Å². The van der Waals surface area contributed by atoms with Crippen LogP contribution in [0.1, 0.15) is 39.7 Å². The summed E-state index contributed by atoms with van der Waals surface area (Å²) in [6, 6.07) is 26.8. The van der Waals surface area contributed by atoms with Gasteiger partial charge in [0.15, 0.2) is 0 Å². The average Bonchev–Trinajstić information content (AvgIpc) is 3.38. The third kappa shape index (κ3) is 7.06. The fourth-order valence-electron chi connectivity index (χ4n) is 3.62. The molecule has 0 saturated heterocycles. The molecule has 4 rings (SSSR count). The molecule has 1 unspecified atom stereocenters. The van der Waals surface area contributed by atoms with Gasteiger partial charge in [-0.1, -0.05) is 66.2 Å². The maximum atomic E-state index is 12.9. The van der Waals surface area contributed by atoms with Crippen molar-refractivity contribution in [3.8, 4) is 0 Å². The van der Waals surface area contributed by atoms with Gasteiger partial charge < -0.3 is 19.8 Å². The van der Waals surface area contributed by atoms with Gasteiger partial charge in [-0.05, 0) is 47.5 Å². The number of benzene rings is 3. The standard InChI is InChI=1S/C28H25ClN2O4/c29-25-14-5-4-13-24(25)28(33)31-26(21-9-2-1-3-10-21)17-27(32)30-22-11-6-8-20(16-22)18-34-19-23-12-7-15-35-23/h1-16,26H,17-19H2,(H,30,32)(H,31,33). The minimum atomic E-state index is -0.528. The second-order valence-corrected chi connectivity index (χ2v) is 8.35. The number of carbonyl (C=O) groups excluding carboxylic acids is 2. The SMILES string of the molecule is O=C(CC(NC(=O)c1ccccc1Cl)c1ccccc1)Nc1cccc(COCc2ccco2)c1. The normalized spacial score (nSPS) is 11.6. The van der Waals surface area contributed by atoms with Crippen molar-refractivity contribution in [1.29, 1.82) is 0 Å². The number of rotatable bonds is 10. The summed E-state index contributed by atoms with van der Waals surface area (Å²) >= 11 is 6.19. The maximum Gasteiger partial charge on any atom is 0.253 e. The number of amides is 2. The Morgan fingerprint density at radius 3 is 2.46 bits per heavy atom. The van der Waals surface area contributed by atoms with Crippen LogP contribution in [0.5, 0.6) is 0 Å². The quantitative estimate of drug-likeness (QED) is 0.280. The molecule has 35 heavy (non-hydrogen) atoms. The van der Waals surface area contributed by atoms with Gasteiger partial charge in [0.05, 0.1) is 35.9 Å². The molecule has 0 aliphatic rings. The lowest BCUT2D eigenvalue weighted by molar-refractivity contribution is -0.116. The Morgan fingerprint density at radius 1 is 0.886 bits per heavy atom. The molecule has 1 aromatic heterocycles. The highest BCUT2D eigenvalue weighted by atomic mass is 35.5. The van der Waals surface area contributed by atoms with Crippen LogP contribution in [0.2, 0.25) is 5.02 Å². The molecule has 7 heteroatoms. The Kier molecular flexibility index (Phi) is 8.33. The first-order valence-corrected chi connectivity index (χ1v) is 11.6. The summed E-state index contributed by atoms with van der Waals surface area (Å²) in [7, 11) is 0. The Hall–Kier alpha value is -3.87. The van der Waals surface area contributed by atoms with Gasteiger partial charge in [-0.2, -0.15) is 0 Å². The molecule has 0 fully saturated rings. The third-order valence-electron chi connectivity index (χ3n) is 5.32. The largest absolute Gasteiger partial charge is 0.467 e. The molecule has 0 saturated carbocycles. The number of carbonyl (C=O) groups is 2. The summed E-state index contributed by atoms with van der Waals surface area (Å²) in [5, 5.41) is 6.22. The molecule has 0 bridgehead atoms. The van der Waals surface area contributed by atoms with E-state index in [1.54, 1.807) is 30.5 Å². The zero-order valence-electron chi connectivity index (χ0n) is 18.9. The van der Waals surface area contributed by atoms with Crippen molar-refractivity contribution in [3.05, 3.63) is 125 Å². The van der Waals surface area contributed by atoms with E-state index in [0.29, 0.717) is 29.5 Å². The van der Waals surface area contributed by atoms with Gasteiger partial charge in [0.1, 0.15) is 12.4 Å². The van der Waals surface area contributed by atoms with Crippen molar-refractivity contribution in [2.24, 2.45) is 0 Å². The topological polar surface area (TPSA) is 80.6 Å². The molecule has 2 N–H and O–H groups in total. The second kappa shape index (κ2) is 12.0. The van der Waals surface area contributed by atoms with Crippen molar-refractivity contribution in [1.82, 2.24) is 5.32 Å². The Morgan fingerprint density at radius 2 is 1.69 bits per heavy atom. The minimum Gasteiger partial charge on any atom is -0.467 e. The third-order valence-corrected chi connectivity index (χ3v) is 5.65. The summed E-state index contributed by atoms with van der Waals surface area (Å²) in [4.78, 5) is 25.8. The number of hydrogen-bond donors (Lipinski definition) is 2. The van der Waals surface area contributed by atoms with Crippen LogP contribution in [0.15, 0.2) is 102 Å². The van der Waals surface area contributed by atoms with Gasteiger partial charge in [-0.3, -0.25) is 9.59 Å². The van der Waals surface area contributed by atoms with Crippen LogP contribution < -0.4 is 10.6 Å². The van der Waals surface area contributed by atoms with Gasteiger partial charge >= 0.3 is 0 Å². The van der Waals surface area contributed by atoms with E-state index in [1.165, 1.54) is 0 Å². The molecule has 6 nitrogen and oxygen atoms in total. The molecule has 3 aromatic carbocycles. The molecule has 0 radical (unpaired) electrons. The van der Waals surface area contributed by atoms with E-state index in [4.69, 9.17) is 20.8 Å². The Bertz CT molecular complexity index is 1260. The van der Waals surface area contributed by atoms with E-state index >= 15 is 0 Å². The van der Waals surface area contributed by atoms with Crippen molar-refractivity contribution in [2.45, 2.75) is 25.7 Å². The van der Waals surface area contributed by atoms with E-state index in [9.17, 15) is 9.59 Å². The van der Waals surface area contributed by atoms with Crippen LogP contribution in [0.3, 0.4) is 0 Å². The molecule has 0 spiro atoms. The first-order chi connectivity index (χ1) is 17.1. The van der Waals surface area contributed by atoms with Crippen LogP contribution in [0.4, 0.5) is 5.69 Å². The van der Waals surface area contributed by atoms with Crippen LogP contribution in [-0.4, -0.2) is 11.8 Å². The highest BCUT2D eigenvalue weighted by molar-refractivity contribution is 6.33. The summed E-state index contributed by atoms with van der Waals surface area (Å²) in [6.45, 7) is 0.748. The highest BCUT2D eigenvalue weighted by Gasteiger charge is 2.20. The smallest absolute Gasteiger partial charge is 0.253 e. The summed E-state index contributed by atoms with van der Waals surface area (Å²) < 4.78 is 10.9. The van der Waals surface area contributed by atoms with Gasteiger partial charge in [0.2, 0.25) is 5.91 Å². The number of anilines is 1. The summed E-state index contributed by atoms with van der Waals surface area (Å²) in [5.74, 6) is 0.181. The monoisotopic (exact) mass is 488 g/mol. The lowest BCUT2D eigenvalue weighted by Crippen LogP contribution is -2.31. The van der Waals surface area contributed by atoms with E-state index < -0.39 is 6.04 Å². The zero-order valence-corrected chi connectivity index (χ0v) is 19.7. The molecule has 1 heterocycles. The van der Waals surface area contributed by atoms with Crippen molar-refractivity contribution in [3.63, 3.8) is 0 Å². The zero-order chi connectivity index (χ0) is 24.5. The van der Waals surface area contributed by atoms with E-state index in [1.807, 2.05) is 66.7 Å². The van der Waals surface area contributed by atoms with Gasteiger partial charge in [0.25, 0.3) is 5.91 Å². The molecule has 0 aliphatic carbocycles. The number of hydrogen-bond acceptors (Lipinski definition) is 4. The number of halogens is 1. The predicted octanol–water partition coefficient (Wildman–Crippen LogP) is 6.15. The predicted molar refractivity (Wildman–Crippen MR) is 135 cm³/mol. The molecule has 4 aromatic rings. The number of ether oxygens (including phenoxy) is 1. The molecule has 0 aliphatic heterocycles. The number of furan rings is 1. The van der Waals surface area contributed by atoms with Crippen LogP contribution in [0, 0.1) is 0 Å². The fourth-order valence-corrected chi connectivity index (χ4v) is 3.84. The van der Waals surface area contributed by atoms with Crippen LogP contribution >= 0.6 is 11.6 Å². The fraction of sp³-hybridized carbons (Fsp3) is 0.143. The average molecular weight is 489 g/mol. The van der Waals surface area contributed by atoms with Gasteiger partial charge in [-0.15, -0.1) is 0 Å². The van der Waals surface area contributed by atoms with Crippen molar-refractivity contribution in [2.75, 3.05) is 5.32 Å². The summed E-state index contributed by atoms with van der Waals surface area (Å²) in [6.07, 6.45) is 1.66. The first kappa shape index (κ1) is 24.3. The van der Waals surface area contributed by atoms with E-state index in [-0.39, 0.29) is 18.2 Å². The molecule has 2 amide bonds. The second-order valence-electron chi connectivity index (χ2n) is 7.94. The Balaban J connectivity index is 1.39. The summed E-state index contributed by atoms with van der Waals surface area (Å²) in [5.41, 5.74) is 2.75. The van der Waals surface area contributed by atoms with Crippen LogP contribution in [-0.2, 0) is 22.7 Å². The molecular weight excluding hydrogens is 464 g/mol. The van der Waals surface area contributed by atoms with Gasteiger partial charge in [0, 0.05) is 5.69 Å². The lowest BCUT2D eigenvalue weighted by Gasteiger charge is -2.19. The van der Waals surface area contributed by atoms with E-state index in [2.05, 4.69) is 10.6 Å². The Labute approximate surface area is 208 Å². The molecule has 178 valence electrons. The van der Waals surface area contributed by atoms with Crippen molar-refractivity contribution >= 4 is 29.1 Å². The number of nitrogens with one attached hydrogen (secondary N) is 2. The van der Waals surface area contributed by atoms with Gasteiger partial charge in [-0.25, -0.2) is 0 Å². The first-order valence-electron chi connectivity index (χ1n) is 11.2. The molecular formula is C28H25ClN2O4.